The van der Waals surface area contributed by atoms with Crippen LogP contribution in [0.25, 0.3) is 6.08 Å². The first-order valence-corrected chi connectivity index (χ1v) is 10.0. The van der Waals surface area contributed by atoms with Crippen LogP contribution in [0.3, 0.4) is 0 Å². The standard InChI is InChI=1S/C23H21NO6/c25-23-19(22(24-30-23)16-6-9-20-21(12-16)29-14-28-20)11-15-4-7-17(8-5-15)27-13-18-3-1-2-10-26-18/h4-9,11-12,18H,1-3,10,13-14H2/b19-11-. The summed E-state index contributed by atoms with van der Waals surface area (Å²) in [5.74, 6) is 1.57. The van der Waals surface area contributed by atoms with Gasteiger partial charge in [0.15, 0.2) is 11.5 Å². The number of carbonyl (C=O) groups excluding carboxylic acids is 1. The topological polar surface area (TPSA) is 75.6 Å². The molecule has 0 spiro atoms. The van der Waals surface area contributed by atoms with Gasteiger partial charge in [-0.2, -0.15) is 0 Å². The SMILES string of the molecule is O=C1ON=C(c2ccc3c(c2)OCO3)/C1=C/c1ccc(OCC2CCCCO2)cc1. The minimum atomic E-state index is -0.488. The summed E-state index contributed by atoms with van der Waals surface area (Å²) in [6.07, 6.45) is 5.26. The summed E-state index contributed by atoms with van der Waals surface area (Å²) in [5.41, 5.74) is 2.42. The van der Waals surface area contributed by atoms with E-state index in [1.807, 2.05) is 30.3 Å². The molecule has 0 radical (unpaired) electrons. The molecule has 1 unspecified atom stereocenters. The Morgan fingerprint density at radius 2 is 1.93 bits per heavy atom. The van der Waals surface area contributed by atoms with Crippen LogP contribution >= 0.6 is 0 Å². The molecule has 0 amide bonds. The highest BCUT2D eigenvalue weighted by Crippen LogP contribution is 2.34. The lowest BCUT2D eigenvalue weighted by atomic mass is 10.0. The number of ether oxygens (including phenoxy) is 4. The number of benzene rings is 2. The molecule has 2 aromatic rings. The normalized spacial score (nSPS) is 21.5. The Kier molecular flexibility index (Phi) is 5.11. The molecule has 2 aromatic carbocycles. The Hall–Kier alpha value is -3.32. The highest BCUT2D eigenvalue weighted by Gasteiger charge is 2.28. The maximum atomic E-state index is 12.2. The molecular weight excluding hydrogens is 386 g/mol. The van der Waals surface area contributed by atoms with E-state index in [0.717, 1.165) is 36.3 Å². The fourth-order valence-corrected chi connectivity index (χ4v) is 3.62. The van der Waals surface area contributed by atoms with E-state index in [0.29, 0.717) is 29.4 Å². The molecule has 0 bridgehead atoms. The fourth-order valence-electron chi connectivity index (χ4n) is 3.62. The van der Waals surface area contributed by atoms with Crippen LogP contribution in [0.5, 0.6) is 17.2 Å². The lowest BCUT2D eigenvalue weighted by Gasteiger charge is -2.22. The molecular formula is C23H21NO6. The number of hydrogen-bond acceptors (Lipinski definition) is 7. The van der Waals surface area contributed by atoms with Crippen LogP contribution in [-0.4, -0.2) is 37.8 Å². The Morgan fingerprint density at radius 3 is 2.77 bits per heavy atom. The first kappa shape index (κ1) is 18.7. The highest BCUT2D eigenvalue weighted by molar-refractivity contribution is 6.31. The van der Waals surface area contributed by atoms with Gasteiger partial charge in [0.25, 0.3) is 0 Å². The molecule has 0 N–H and O–H groups in total. The number of hydrogen-bond donors (Lipinski definition) is 0. The van der Waals surface area contributed by atoms with Crippen LogP contribution in [0.1, 0.15) is 30.4 Å². The van der Waals surface area contributed by atoms with Gasteiger partial charge in [-0.3, -0.25) is 0 Å². The van der Waals surface area contributed by atoms with Crippen molar-refractivity contribution in [2.75, 3.05) is 20.0 Å². The molecule has 5 rings (SSSR count). The van der Waals surface area contributed by atoms with Crippen LogP contribution in [0.4, 0.5) is 0 Å². The van der Waals surface area contributed by atoms with Gasteiger partial charge in [0.05, 0.1) is 11.7 Å². The summed E-state index contributed by atoms with van der Waals surface area (Å²) < 4.78 is 22.3. The Labute approximate surface area is 173 Å². The van der Waals surface area contributed by atoms with Crippen molar-refractivity contribution in [2.24, 2.45) is 5.16 Å². The average Bonchev–Trinajstić information content (AvgIpc) is 3.40. The summed E-state index contributed by atoms with van der Waals surface area (Å²) in [4.78, 5) is 17.2. The minimum absolute atomic E-state index is 0.161. The van der Waals surface area contributed by atoms with Gasteiger partial charge in [-0.05, 0) is 61.2 Å². The van der Waals surface area contributed by atoms with Crippen molar-refractivity contribution in [3.63, 3.8) is 0 Å². The number of rotatable bonds is 5. The quantitative estimate of drug-likeness (QED) is 0.556. The van der Waals surface area contributed by atoms with E-state index >= 15 is 0 Å². The molecule has 1 saturated heterocycles. The monoisotopic (exact) mass is 407 g/mol. The predicted molar refractivity (Wildman–Crippen MR) is 109 cm³/mol. The Morgan fingerprint density at radius 1 is 1.07 bits per heavy atom. The second kappa shape index (κ2) is 8.20. The van der Waals surface area contributed by atoms with Crippen LogP contribution in [-0.2, 0) is 14.4 Å². The minimum Gasteiger partial charge on any atom is -0.491 e. The third-order valence-corrected chi connectivity index (χ3v) is 5.24. The lowest BCUT2D eigenvalue weighted by Crippen LogP contribution is -2.25. The van der Waals surface area contributed by atoms with Crippen LogP contribution < -0.4 is 14.2 Å². The highest BCUT2D eigenvalue weighted by atomic mass is 16.7. The van der Waals surface area contributed by atoms with Crippen molar-refractivity contribution in [1.82, 2.24) is 0 Å². The smallest absolute Gasteiger partial charge is 0.368 e. The maximum Gasteiger partial charge on any atom is 0.368 e. The van der Waals surface area contributed by atoms with E-state index < -0.39 is 5.97 Å². The van der Waals surface area contributed by atoms with Gasteiger partial charge in [-0.1, -0.05) is 17.3 Å². The van der Waals surface area contributed by atoms with Crippen molar-refractivity contribution >= 4 is 17.8 Å². The molecule has 3 aliphatic rings. The van der Waals surface area contributed by atoms with Gasteiger partial charge in [-0.15, -0.1) is 0 Å². The second-order valence-corrected chi connectivity index (χ2v) is 7.31. The fraction of sp³-hybridized carbons (Fsp3) is 0.304. The van der Waals surface area contributed by atoms with Crippen molar-refractivity contribution in [2.45, 2.75) is 25.4 Å². The molecule has 30 heavy (non-hydrogen) atoms. The van der Waals surface area contributed by atoms with Gasteiger partial charge in [-0.25, -0.2) is 4.79 Å². The molecule has 154 valence electrons. The third kappa shape index (κ3) is 3.89. The van der Waals surface area contributed by atoms with Gasteiger partial charge < -0.3 is 23.8 Å². The summed E-state index contributed by atoms with van der Waals surface area (Å²) in [6, 6.07) is 13.0. The van der Waals surface area contributed by atoms with Crippen molar-refractivity contribution in [3.05, 3.63) is 59.2 Å². The molecule has 3 heterocycles. The first-order valence-electron chi connectivity index (χ1n) is 10.0. The molecule has 1 atom stereocenters. The van der Waals surface area contributed by atoms with Gasteiger partial charge in [0.1, 0.15) is 18.1 Å². The van der Waals surface area contributed by atoms with E-state index in [4.69, 9.17) is 23.8 Å². The van der Waals surface area contributed by atoms with E-state index in [9.17, 15) is 4.79 Å². The summed E-state index contributed by atoms with van der Waals surface area (Å²) in [7, 11) is 0. The summed E-state index contributed by atoms with van der Waals surface area (Å²) >= 11 is 0. The second-order valence-electron chi connectivity index (χ2n) is 7.31. The molecule has 0 aliphatic carbocycles. The van der Waals surface area contributed by atoms with Crippen molar-refractivity contribution in [3.8, 4) is 17.2 Å². The van der Waals surface area contributed by atoms with E-state index in [2.05, 4.69) is 5.16 Å². The molecule has 0 saturated carbocycles. The lowest BCUT2D eigenvalue weighted by molar-refractivity contribution is -0.136. The van der Waals surface area contributed by atoms with Gasteiger partial charge in [0, 0.05) is 12.2 Å². The maximum absolute atomic E-state index is 12.2. The molecule has 3 aliphatic heterocycles. The Bertz CT molecular complexity index is 1000. The molecule has 7 heteroatoms. The average molecular weight is 407 g/mol. The van der Waals surface area contributed by atoms with Gasteiger partial charge >= 0.3 is 5.97 Å². The first-order chi connectivity index (χ1) is 14.8. The molecule has 7 nitrogen and oxygen atoms in total. The Balaban J connectivity index is 1.30. The van der Waals surface area contributed by atoms with Gasteiger partial charge in [0.2, 0.25) is 6.79 Å². The zero-order valence-electron chi connectivity index (χ0n) is 16.3. The van der Waals surface area contributed by atoms with Crippen molar-refractivity contribution < 1.29 is 28.6 Å². The zero-order chi connectivity index (χ0) is 20.3. The summed E-state index contributed by atoms with van der Waals surface area (Å²) in [6.45, 7) is 1.54. The van der Waals surface area contributed by atoms with Crippen LogP contribution in [0.2, 0.25) is 0 Å². The zero-order valence-corrected chi connectivity index (χ0v) is 16.3. The van der Waals surface area contributed by atoms with Crippen LogP contribution in [0.15, 0.2) is 53.2 Å². The number of carbonyl (C=O) groups is 1. The van der Waals surface area contributed by atoms with E-state index in [-0.39, 0.29) is 12.9 Å². The molecule has 1 fully saturated rings. The van der Waals surface area contributed by atoms with Crippen LogP contribution in [0, 0.1) is 0 Å². The van der Waals surface area contributed by atoms with Crippen molar-refractivity contribution in [1.29, 1.82) is 0 Å². The number of fused-ring (bicyclic) bond motifs is 1. The van der Waals surface area contributed by atoms with E-state index in [1.54, 1.807) is 18.2 Å². The largest absolute Gasteiger partial charge is 0.491 e. The van der Waals surface area contributed by atoms with E-state index in [1.165, 1.54) is 6.42 Å². The third-order valence-electron chi connectivity index (χ3n) is 5.24. The predicted octanol–water partition coefficient (Wildman–Crippen LogP) is 3.71. The summed E-state index contributed by atoms with van der Waals surface area (Å²) in [5, 5.41) is 3.95. The number of nitrogens with zero attached hydrogens (tertiary/aromatic N) is 1. The number of oxime groups is 1. The molecule has 0 aromatic heterocycles.